The number of benzene rings is 3. The summed E-state index contributed by atoms with van der Waals surface area (Å²) in [5.74, 6) is -0.616. The number of carbonyl (C=O) groups excluding carboxylic acids is 2. The van der Waals surface area contributed by atoms with Gasteiger partial charge in [-0.05, 0) is 41.3 Å². The molecule has 0 aliphatic carbocycles. The van der Waals surface area contributed by atoms with E-state index in [1.807, 2.05) is 90.3 Å². The number of hydrogen-bond donors (Lipinski definition) is 2. The summed E-state index contributed by atoms with van der Waals surface area (Å²) in [4.78, 5) is 26.9. The van der Waals surface area contributed by atoms with Crippen LogP contribution in [-0.4, -0.2) is 23.4 Å². The first-order valence-electron chi connectivity index (χ1n) is 11.0. The van der Waals surface area contributed by atoms with Crippen molar-refractivity contribution < 1.29 is 9.59 Å². The lowest BCUT2D eigenvalue weighted by Gasteiger charge is -2.18. The third-order valence-corrected chi connectivity index (χ3v) is 6.24. The number of amidine groups is 1. The fourth-order valence-electron chi connectivity index (χ4n) is 3.76. The summed E-state index contributed by atoms with van der Waals surface area (Å²) in [7, 11) is 0. The van der Waals surface area contributed by atoms with Crippen molar-refractivity contribution in [3.8, 4) is 0 Å². The molecule has 2 heterocycles. The molecule has 0 saturated carbocycles. The zero-order chi connectivity index (χ0) is 24.0. The van der Waals surface area contributed by atoms with Crippen LogP contribution in [0.4, 0.5) is 16.2 Å². The molecule has 0 fully saturated rings. The smallest absolute Gasteiger partial charge is 0.307 e. The van der Waals surface area contributed by atoms with Gasteiger partial charge in [0.05, 0.1) is 16.3 Å². The Morgan fingerprint density at radius 2 is 1.49 bits per heavy atom. The molecule has 172 valence electrons. The van der Waals surface area contributed by atoms with Crippen LogP contribution in [0.1, 0.15) is 15.2 Å². The van der Waals surface area contributed by atoms with E-state index in [1.54, 1.807) is 23.2 Å². The predicted molar refractivity (Wildman–Crippen MR) is 140 cm³/mol. The second-order valence-electron chi connectivity index (χ2n) is 7.68. The molecule has 5 rings (SSSR count). The summed E-state index contributed by atoms with van der Waals surface area (Å²) >= 11 is 1.36. The van der Waals surface area contributed by atoms with E-state index < -0.39 is 11.9 Å². The van der Waals surface area contributed by atoms with E-state index in [4.69, 9.17) is 5.10 Å². The first-order valence-corrected chi connectivity index (χ1v) is 11.8. The summed E-state index contributed by atoms with van der Waals surface area (Å²) < 4.78 is 0. The largest absolute Gasteiger partial charge is 0.339 e. The molecule has 8 heteroatoms. The molecule has 35 heavy (non-hydrogen) atoms. The highest BCUT2D eigenvalue weighted by molar-refractivity contribution is 7.12. The number of para-hydroxylation sites is 2. The minimum absolute atomic E-state index is 0.134. The lowest BCUT2D eigenvalue weighted by atomic mass is 9.91. The van der Waals surface area contributed by atoms with Crippen LogP contribution in [0.25, 0.3) is 0 Å². The average Bonchev–Trinajstić information content (AvgIpc) is 3.57. The number of thiophene rings is 1. The van der Waals surface area contributed by atoms with Crippen LogP contribution < -0.4 is 15.8 Å². The number of anilines is 2. The minimum Gasteiger partial charge on any atom is -0.307 e. The number of urea groups is 1. The van der Waals surface area contributed by atoms with Crippen LogP contribution in [0, 0.1) is 5.92 Å². The molecule has 1 unspecified atom stereocenters. The van der Waals surface area contributed by atoms with Crippen molar-refractivity contribution in [3.63, 3.8) is 0 Å². The van der Waals surface area contributed by atoms with E-state index in [9.17, 15) is 9.59 Å². The van der Waals surface area contributed by atoms with Crippen LogP contribution in [0.2, 0.25) is 0 Å². The van der Waals surface area contributed by atoms with Crippen LogP contribution >= 0.6 is 11.3 Å². The van der Waals surface area contributed by atoms with Crippen molar-refractivity contribution in [2.24, 2.45) is 16.1 Å². The number of nitrogens with one attached hydrogen (secondary N) is 2. The quantitative estimate of drug-likeness (QED) is 0.279. The van der Waals surface area contributed by atoms with Crippen molar-refractivity contribution in [2.75, 3.05) is 10.3 Å². The molecule has 1 aliphatic rings. The number of Topliss-reactive ketones (excluding diaryl/α,β-unsaturated/α-hetero) is 1. The van der Waals surface area contributed by atoms with Gasteiger partial charge in [0.1, 0.15) is 5.92 Å². The number of carbonyl (C=O) groups is 2. The van der Waals surface area contributed by atoms with Gasteiger partial charge in [-0.2, -0.15) is 10.2 Å². The number of hydrogen-bond acceptors (Lipinski definition) is 5. The van der Waals surface area contributed by atoms with E-state index in [2.05, 4.69) is 15.8 Å². The van der Waals surface area contributed by atoms with E-state index in [1.165, 1.54) is 11.3 Å². The van der Waals surface area contributed by atoms with Gasteiger partial charge in [0.2, 0.25) is 0 Å². The molecule has 7 nitrogen and oxygen atoms in total. The van der Waals surface area contributed by atoms with Gasteiger partial charge in [-0.25, -0.2) is 15.2 Å². The third-order valence-electron chi connectivity index (χ3n) is 5.36. The number of ketones is 1. The van der Waals surface area contributed by atoms with Gasteiger partial charge in [0.25, 0.3) is 0 Å². The second kappa shape index (κ2) is 10.1. The van der Waals surface area contributed by atoms with Crippen LogP contribution in [0.15, 0.2) is 119 Å². The highest BCUT2D eigenvalue weighted by Gasteiger charge is 2.41. The molecular weight excluding hydrogens is 458 g/mol. The number of hydrazone groups is 2. The summed E-state index contributed by atoms with van der Waals surface area (Å²) in [5, 5.41) is 15.4. The summed E-state index contributed by atoms with van der Waals surface area (Å²) in [6, 6.07) is 31.1. The lowest BCUT2D eigenvalue weighted by molar-refractivity contribution is 0.0983. The van der Waals surface area contributed by atoms with Crippen LogP contribution in [0.5, 0.6) is 0 Å². The number of nitrogens with zero attached hydrogens (tertiary/aromatic N) is 3. The van der Waals surface area contributed by atoms with E-state index in [-0.39, 0.29) is 5.78 Å². The van der Waals surface area contributed by atoms with Crippen molar-refractivity contribution in [3.05, 3.63) is 119 Å². The number of rotatable bonds is 6. The SMILES string of the molecule is O=C(NN=C1C(C(=O)c2cccs2)C(c2ccccc2)=NN1c1ccccc1)Nc1ccccc1. The lowest BCUT2D eigenvalue weighted by Crippen LogP contribution is -2.37. The van der Waals surface area contributed by atoms with Crippen LogP contribution in [0.3, 0.4) is 0 Å². The second-order valence-corrected chi connectivity index (χ2v) is 8.62. The molecular formula is C27H21N5O2S. The summed E-state index contributed by atoms with van der Waals surface area (Å²) in [6.07, 6.45) is 0. The topological polar surface area (TPSA) is 86.2 Å². The van der Waals surface area contributed by atoms with Crippen molar-refractivity contribution in [1.29, 1.82) is 0 Å². The zero-order valence-corrected chi connectivity index (χ0v) is 19.4. The van der Waals surface area contributed by atoms with Gasteiger partial charge in [0, 0.05) is 5.69 Å². The predicted octanol–water partition coefficient (Wildman–Crippen LogP) is 5.61. The molecule has 3 aromatic carbocycles. The van der Waals surface area contributed by atoms with Gasteiger partial charge in [0.15, 0.2) is 11.6 Å². The Bertz CT molecular complexity index is 1370. The van der Waals surface area contributed by atoms with Crippen LogP contribution in [-0.2, 0) is 0 Å². The van der Waals surface area contributed by atoms with E-state index in [0.717, 1.165) is 11.3 Å². The molecule has 1 aromatic heterocycles. The molecule has 0 spiro atoms. The van der Waals surface area contributed by atoms with Gasteiger partial charge in [-0.3, -0.25) is 4.79 Å². The van der Waals surface area contributed by atoms with Gasteiger partial charge < -0.3 is 5.32 Å². The summed E-state index contributed by atoms with van der Waals surface area (Å²) in [6.45, 7) is 0. The van der Waals surface area contributed by atoms with Crippen molar-refractivity contribution >= 4 is 46.1 Å². The standard InChI is InChI=1S/C27H21N5O2S/c33-25(22-17-10-18-35-22)23-24(19-11-4-1-5-12-19)31-32(21-15-8-3-9-16-21)26(23)29-30-27(34)28-20-13-6-2-7-14-20/h1-18,23H,(H2,28,30,34). The van der Waals surface area contributed by atoms with Gasteiger partial charge in [-0.15, -0.1) is 11.3 Å². The Labute approximate surface area is 206 Å². The van der Waals surface area contributed by atoms with Gasteiger partial charge in [-0.1, -0.05) is 72.8 Å². The molecule has 1 atom stereocenters. The fourth-order valence-corrected chi connectivity index (χ4v) is 4.45. The fraction of sp³-hybridized carbons (Fsp3) is 0.0370. The Morgan fingerprint density at radius 1 is 0.829 bits per heavy atom. The molecule has 2 amide bonds. The molecule has 2 N–H and O–H groups in total. The first-order chi connectivity index (χ1) is 17.2. The maximum Gasteiger partial charge on any atom is 0.339 e. The van der Waals surface area contributed by atoms with Crippen molar-refractivity contribution in [1.82, 2.24) is 5.43 Å². The van der Waals surface area contributed by atoms with E-state index >= 15 is 0 Å². The van der Waals surface area contributed by atoms with Crippen molar-refractivity contribution in [2.45, 2.75) is 0 Å². The molecule has 0 radical (unpaired) electrons. The highest BCUT2D eigenvalue weighted by atomic mass is 32.1. The normalized spacial score (nSPS) is 16.1. The maximum absolute atomic E-state index is 13.7. The number of amides is 2. The Hall–Kier alpha value is -4.56. The molecule has 0 bridgehead atoms. The van der Waals surface area contributed by atoms with E-state index in [0.29, 0.717) is 22.1 Å². The third kappa shape index (κ3) is 4.87. The van der Waals surface area contributed by atoms with Gasteiger partial charge >= 0.3 is 6.03 Å². The Kier molecular flexibility index (Phi) is 6.45. The summed E-state index contributed by atoms with van der Waals surface area (Å²) in [5.41, 5.74) is 5.28. The molecule has 1 aliphatic heterocycles. The Balaban J connectivity index is 1.55. The Morgan fingerprint density at radius 3 is 2.14 bits per heavy atom. The monoisotopic (exact) mass is 479 g/mol. The average molecular weight is 480 g/mol. The zero-order valence-electron chi connectivity index (χ0n) is 18.5. The first kappa shape index (κ1) is 22.2. The minimum atomic E-state index is -0.798. The molecule has 0 saturated heterocycles. The maximum atomic E-state index is 13.7. The highest BCUT2D eigenvalue weighted by Crippen LogP contribution is 2.30. The molecule has 4 aromatic rings.